The molecule has 0 aromatic heterocycles. The summed E-state index contributed by atoms with van der Waals surface area (Å²) < 4.78 is 15.6. The average molecular weight is 192 g/mol. The van der Waals surface area contributed by atoms with Gasteiger partial charge in [-0.25, -0.2) is 0 Å². The van der Waals surface area contributed by atoms with Crippen molar-refractivity contribution in [3.8, 4) is 0 Å². The van der Waals surface area contributed by atoms with Crippen LogP contribution >= 0.6 is 0 Å². The van der Waals surface area contributed by atoms with E-state index in [1.807, 2.05) is 0 Å². The van der Waals surface area contributed by atoms with Crippen LogP contribution in [-0.2, 0) is 13.9 Å². The standard InChI is InChI=1S/C8H20O3Si/c1-8(2,11-12)6-5-7(9-3)10-4/h7H,5-6H2,1-4,12H3. The van der Waals surface area contributed by atoms with E-state index in [1.54, 1.807) is 14.2 Å². The molecule has 0 saturated heterocycles. The predicted molar refractivity (Wildman–Crippen MR) is 52.1 cm³/mol. The van der Waals surface area contributed by atoms with Gasteiger partial charge in [-0.3, -0.25) is 0 Å². The van der Waals surface area contributed by atoms with Crippen LogP contribution in [-0.4, -0.2) is 36.6 Å². The van der Waals surface area contributed by atoms with Crippen molar-refractivity contribution < 1.29 is 13.9 Å². The highest BCUT2D eigenvalue weighted by Crippen LogP contribution is 2.17. The number of hydrogen-bond acceptors (Lipinski definition) is 3. The summed E-state index contributed by atoms with van der Waals surface area (Å²) in [6, 6.07) is 0. The molecule has 0 rings (SSSR count). The van der Waals surface area contributed by atoms with Gasteiger partial charge in [0, 0.05) is 26.2 Å². The molecule has 0 atom stereocenters. The molecule has 0 aromatic rings. The van der Waals surface area contributed by atoms with Gasteiger partial charge >= 0.3 is 0 Å². The fraction of sp³-hybridized carbons (Fsp3) is 1.00. The first kappa shape index (κ1) is 12.1. The molecule has 3 nitrogen and oxygen atoms in total. The van der Waals surface area contributed by atoms with E-state index in [-0.39, 0.29) is 11.9 Å². The molecule has 0 N–H and O–H groups in total. The van der Waals surface area contributed by atoms with Gasteiger partial charge in [0.2, 0.25) is 0 Å². The highest BCUT2D eigenvalue weighted by molar-refractivity contribution is 5.98. The second-order valence-corrected chi connectivity index (χ2v) is 3.81. The minimum atomic E-state index is -0.0962. The maximum Gasteiger partial charge on any atom is 0.156 e. The summed E-state index contributed by atoms with van der Waals surface area (Å²) in [5.41, 5.74) is -0.0263. The Morgan fingerprint density at radius 1 is 1.25 bits per heavy atom. The third-order valence-electron chi connectivity index (χ3n) is 2.06. The van der Waals surface area contributed by atoms with Crippen molar-refractivity contribution in [2.24, 2.45) is 0 Å². The predicted octanol–water partition coefficient (Wildman–Crippen LogP) is 0.461. The average Bonchev–Trinajstić information content (AvgIpc) is 2.06. The van der Waals surface area contributed by atoms with Gasteiger partial charge in [-0.2, -0.15) is 0 Å². The van der Waals surface area contributed by atoms with Gasteiger partial charge in [0.1, 0.15) is 10.5 Å². The Morgan fingerprint density at radius 3 is 2.08 bits per heavy atom. The second-order valence-electron chi connectivity index (χ2n) is 3.40. The third-order valence-corrected chi connectivity index (χ3v) is 3.17. The molecule has 0 bridgehead atoms. The first-order valence-corrected chi connectivity index (χ1v) is 4.98. The fourth-order valence-electron chi connectivity index (χ4n) is 0.899. The minimum Gasteiger partial charge on any atom is -0.423 e. The second kappa shape index (κ2) is 5.69. The highest BCUT2D eigenvalue weighted by atomic mass is 28.2. The molecule has 0 aliphatic heterocycles. The van der Waals surface area contributed by atoms with E-state index in [2.05, 4.69) is 13.8 Å². The van der Waals surface area contributed by atoms with Gasteiger partial charge in [0.25, 0.3) is 0 Å². The zero-order valence-electron chi connectivity index (χ0n) is 8.72. The van der Waals surface area contributed by atoms with Crippen molar-refractivity contribution in [1.29, 1.82) is 0 Å². The van der Waals surface area contributed by atoms with E-state index in [4.69, 9.17) is 13.9 Å². The number of rotatable bonds is 6. The Balaban J connectivity index is 3.65. The van der Waals surface area contributed by atoms with E-state index in [0.29, 0.717) is 0 Å². The van der Waals surface area contributed by atoms with Crippen molar-refractivity contribution in [2.45, 2.75) is 38.6 Å². The molecule has 12 heavy (non-hydrogen) atoms. The van der Waals surface area contributed by atoms with Gasteiger partial charge in [0.15, 0.2) is 6.29 Å². The molecule has 0 amide bonds. The quantitative estimate of drug-likeness (QED) is 0.452. The van der Waals surface area contributed by atoms with Crippen LogP contribution in [0.15, 0.2) is 0 Å². The molecular weight excluding hydrogens is 172 g/mol. The van der Waals surface area contributed by atoms with E-state index in [0.717, 1.165) is 23.3 Å². The zero-order valence-corrected chi connectivity index (χ0v) is 10.7. The molecule has 0 fully saturated rings. The van der Waals surface area contributed by atoms with Crippen LogP contribution in [0, 0.1) is 0 Å². The summed E-state index contributed by atoms with van der Waals surface area (Å²) in [4.78, 5) is 0. The highest BCUT2D eigenvalue weighted by Gasteiger charge is 2.17. The molecular formula is C8H20O3Si. The summed E-state index contributed by atoms with van der Waals surface area (Å²) in [5, 5.41) is 0. The largest absolute Gasteiger partial charge is 0.423 e. The Hall–Kier alpha value is 0.0969. The first-order valence-electron chi connectivity index (χ1n) is 4.16. The summed E-state index contributed by atoms with van der Waals surface area (Å²) in [7, 11) is 4.09. The summed E-state index contributed by atoms with van der Waals surface area (Å²) in [5.74, 6) is 0. The fourth-order valence-corrected chi connectivity index (χ4v) is 1.10. The van der Waals surface area contributed by atoms with Crippen molar-refractivity contribution in [1.82, 2.24) is 0 Å². The Bertz CT molecular complexity index is 113. The molecule has 0 spiro atoms. The molecule has 0 aromatic carbocycles. The number of methoxy groups -OCH3 is 2. The molecule has 0 aliphatic rings. The van der Waals surface area contributed by atoms with Crippen LogP contribution in [0.25, 0.3) is 0 Å². The summed E-state index contributed by atoms with van der Waals surface area (Å²) >= 11 is 0. The molecule has 0 saturated carbocycles. The van der Waals surface area contributed by atoms with Gasteiger partial charge in [-0.1, -0.05) is 0 Å². The van der Waals surface area contributed by atoms with Crippen molar-refractivity contribution in [3.05, 3.63) is 0 Å². The lowest BCUT2D eigenvalue weighted by atomic mass is 10.0. The van der Waals surface area contributed by atoms with Crippen LogP contribution in [0.4, 0.5) is 0 Å². The maximum absolute atomic E-state index is 5.40. The minimum absolute atomic E-state index is 0.0263. The van der Waals surface area contributed by atoms with Crippen LogP contribution in [0.2, 0.25) is 0 Å². The van der Waals surface area contributed by atoms with Crippen molar-refractivity contribution in [3.63, 3.8) is 0 Å². The SMILES string of the molecule is COC(CCC(C)(C)O[SiH3])OC. The molecule has 0 radical (unpaired) electrons. The summed E-state index contributed by atoms with van der Waals surface area (Å²) in [6.45, 7) is 4.17. The first-order chi connectivity index (χ1) is 5.55. The van der Waals surface area contributed by atoms with Gasteiger partial charge < -0.3 is 13.9 Å². The van der Waals surface area contributed by atoms with Gasteiger partial charge in [-0.05, 0) is 20.3 Å². The Kier molecular flexibility index (Phi) is 5.74. The molecule has 4 heteroatoms. The van der Waals surface area contributed by atoms with Crippen LogP contribution in [0.5, 0.6) is 0 Å². The zero-order chi connectivity index (χ0) is 9.61. The maximum atomic E-state index is 5.40. The monoisotopic (exact) mass is 192 g/mol. The van der Waals surface area contributed by atoms with Crippen LogP contribution in [0.3, 0.4) is 0 Å². The lowest BCUT2D eigenvalue weighted by Crippen LogP contribution is -2.26. The van der Waals surface area contributed by atoms with Gasteiger partial charge in [-0.15, -0.1) is 0 Å². The van der Waals surface area contributed by atoms with Gasteiger partial charge in [0.05, 0.1) is 0 Å². The third kappa shape index (κ3) is 4.87. The topological polar surface area (TPSA) is 27.7 Å². The summed E-state index contributed by atoms with van der Waals surface area (Å²) in [6.07, 6.45) is 1.74. The molecule has 0 heterocycles. The van der Waals surface area contributed by atoms with Crippen LogP contribution in [0.1, 0.15) is 26.7 Å². The normalized spacial score (nSPS) is 12.8. The lowest BCUT2D eigenvalue weighted by Gasteiger charge is -2.25. The molecule has 74 valence electrons. The molecule has 0 aliphatic carbocycles. The number of ether oxygens (including phenoxy) is 2. The molecule has 0 unspecified atom stereocenters. The van der Waals surface area contributed by atoms with E-state index in [9.17, 15) is 0 Å². The van der Waals surface area contributed by atoms with E-state index >= 15 is 0 Å². The lowest BCUT2D eigenvalue weighted by molar-refractivity contribution is -0.113. The van der Waals surface area contributed by atoms with Crippen molar-refractivity contribution >= 4 is 10.5 Å². The number of hydrogen-bond donors (Lipinski definition) is 0. The van der Waals surface area contributed by atoms with E-state index < -0.39 is 0 Å². The van der Waals surface area contributed by atoms with Crippen LogP contribution < -0.4 is 0 Å². The smallest absolute Gasteiger partial charge is 0.156 e. The Labute approximate surface area is 77.9 Å². The Morgan fingerprint density at radius 2 is 1.75 bits per heavy atom. The van der Waals surface area contributed by atoms with E-state index in [1.165, 1.54) is 0 Å². The van der Waals surface area contributed by atoms with Crippen molar-refractivity contribution in [2.75, 3.05) is 14.2 Å².